The number of carbonyl (C=O) groups is 1. The predicted octanol–water partition coefficient (Wildman–Crippen LogP) is 2.23. The van der Waals surface area contributed by atoms with E-state index < -0.39 is 0 Å². The molecule has 4 rings (SSSR count). The maximum atomic E-state index is 12.3. The van der Waals surface area contributed by atoms with Crippen LogP contribution in [0, 0.1) is 0 Å². The van der Waals surface area contributed by atoms with Gasteiger partial charge in [0.25, 0.3) is 0 Å². The molecule has 1 saturated heterocycles. The second-order valence-electron chi connectivity index (χ2n) is 5.99. The molecule has 3 heterocycles. The zero-order valence-corrected chi connectivity index (χ0v) is 14.6. The van der Waals surface area contributed by atoms with Crippen LogP contribution in [-0.4, -0.2) is 53.7 Å². The van der Waals surface area contributed by atoms with Crippen molar-refractivity contribution in [3.05, 3.63) is 46.4 Å². The van der Waals surface area contributed by atoms with E-state index in [0.29, 0.717) is 6.79 Å². The number of amides is 1. The van der Waals surface area contributed by atoms with E-state index >= 15 is 0 Å². The third-order valence-corrected chi connectivity index (χ3v) is 5.09. The molecule has 0 radical (unpaired) electrons. The van der Waals surface area contributed by atoms with E-state index in [1.165, 1.54) is 16.9 Å². The highest BCUT2D eigenvalue weighted by molar-refractivity contribution is 7.10. The van der Waals surface area contributed by atoms with E-state index in [9.17, 15) is 4.79 Å². The van der Waals surface area contributed by atoms with Crippen molar-refractivity contribution in [3.63, 3.8) is 0 Å². The SMILES string of the molecule is O=C(/C=C/c1nccs1)N1CCN(Cc2ccc3c(c2)OCO3)CC1. The van der Waals surface area contributed by atoms with Crippen molar-refractivity contribution in [1.82, 2.24) is 14.8 Å². The van der Waals surface area contributed by atoms with E-state index in [2.05, 4.69) is 16.0 Å². The number of ether oxygens (including phenoxy) is 2. The lowest BCUT2D eigenvalue weighted by atomic mass is 10.1. The van der Waals surface area contributed by atoms with Crippen molar-refractivity contribution in [1.29, 1.82) is 0 Å². The molecule has 0 aliphatic carbocycles. The molecule has 2 aliphatic heterocycles. The molecule has 1 aromatic heterocycles. The van der Waals surface area contributed by atoms with Crippen LogP contribution >= 0.6 is 11.3 Å². The third-order valence-electron chi connectivity index (χ3n) is 4.35. The minimum absolute atomic E-state index is 0.0536. The monoisotopic (exact) mass is 357 g/mol. The molecule has 2 aliphatic rings. The van der Waals surface area contributed by atoms with Gasteiger partial charge < -0.3 is 14.4 Å². The van der Waals surface area contributed by atoms with E-state index in [-0.39, 0.29) is 5.91 Å². The van der Waals surface area contributed by atoms with Crippen LogP contribution in [0.2, 0.25) is 0 Å². The molecule has 130 valence electrons. The lowest BCUT2D eigenvalue weighted by Crippen LogP contribution is -2.47. The fraction of sp³-hybridized carbons (Fsp3) is 0.333. The first-order chi connectivity index (χ1) is 12.3. The van der Waals surface area contributed by atoms with Gasteiger partial charge in [0.05, 0.1) is 0 Å². The van der Waals surface area contributed by atoms with E-state index in [1.54, 1.807) is 18.3 Å². The summed E-state index contributed by atoms with van der Waals surface area (Å²) in [5.74, 6) is 1.68. The lowest BCUT2D eigenvalue weighted by Gasteiger charge is -2.34. The van der Waals surface area contributed by atoms with Gasteiger partial charge in [0, 0.05) is 50.4 Å². The van der Waals surface area contributed by atoms with Gasteiger partial charge in [-0.3, -0.25) is 9.69 Å². The fourth-order valence-electron chi connectivity index (χ4n) is 2.99. The maximum Gasteiger partial charge on any atom is 0.246 e. The van der Waals surface area contributed by atoms with Crippen molar-refractivity contribution in [2.45, 2.75) is 6.54 Å². The minimum atomic E-state index is 0.0536. The summed E-state index contributed by atoms with van der Waals surface area (Å²) in [6.07, 6.45) is 5.14. The van der Waals surface area contributed by atoms with Gasteiger partial charge in [0.1, 0.15) is 5.01 Å². The van der Waals surface area contributed by atoms with Crippen molar-refractivity contribution >= 4 is 23.3 Å². The van der Waals surface area contributed by atoms with E-state index in [0.717, 1.165) is 49.2 Å². The number of carbonyl (C=O) groups excluding carboxylic acids is 1. The molecule has 0 bridgehead atoms. The van der Waals surface area contributed by atoms with Crippen molar-refractivity contribution in [3.8, 4) is 11.5 Å². The molecule has 2 aromatic rings. The van der Waals surface area contributed by atoms with Crippen LogP contribution in [0.15, 0.2) is 35.9 Å². The molecule has 1 fully saturated rings. The Hall–Kier alpha value is -2.38. The highest BCUT2D eigenvalue weighted by Crippen LogP contribution is 2.32. The van der Waals surface area contributed by atoms with Gasteiger partial charge in [-0.1, -0.05) is 6.07 Å². The summed E-state index contributed by atoms with van der Waals surface area (Å²) < 4.78 is 10.8. The van der Waals surface area contributed by atoms with Crippen LogP contribution in [0.1, 0.15) is 10.6 Å². The molecule has 0 saturated carbocycles. The Morgan fingerprint density at radius 2 is 2.04 bits per heavy atom. The Kier molecular flexibility index (Phi) is 4.67. The highest BCUT2D eigenvalue weighted by atomic mass is 32.1. The van der Waals surface area contributed by atoms with Crippen molar-refractivity contribution in [2.75, 3.05) is 33.0 Å². The molecule has 0 atom stereocenters. The number of piperazine rings is 1. The number of aromatic nitrogens is 1. The molecular weight excluding hydrogens is 338 g/mol. The Morgan fingerprint density at radius 3 is 2.84 bits per heavy atom. The standard InChI is InChI=1S/C18H19N3O3S/c22-18(4-3-17-19-5-10-25-17)21-8-6-20(7-9-21)12-14-1-2-15-16(11-14)24-13-23-15/h1-5,10-11H,6-9,12-13H2/b4-3+. The van der Waals surface area contributed by atoms with Gasteiger partial charge in [0.2, 0.25) is 12.7 Å². The van der Waals surface area contributed by atoms with Gasteiger partial charge in [-0.2, -0.15) is 0 Å². The summed E-state index contributed by atoms with van der Waals surface area (Å²) in [4.78, 5) is 20.6. The molecule has 7 heteroatoms. The number of hydrogen-bond acceptors (Lipinski definition) is 6. The summed E-state index contributed by atoms with van der Waals surface area (Å²) >= 11 is 1.53. The smallest absolute Gasteiger partial charge is 0.246 e. The van der Waals surface area contributed by atoms with Crippen LogP contribution in [0.5, 0.6) is 11.5 Å². The number of fused-ring (bicyclic) bond motifs is 1. The van der Waals surface area contributed by atoms with Crippen LogP contribution in [0.25, 0.3) is 6.08 Å². The predicted molar refractivity (Wildman–Crippen MR) is 95.6 cm³/mol. The summed E-state index contributed by atoms with van der Waals surface area (Å²) in [5.41, 5.74) is 1.20. The van der Waals surface area contributed by atoms with Crippen LogP contribution in [-0.2, 0) is 11.3 Å². The molecule has 0 N–H and O–H groups in total. The average molecular weight is 357 g/mol. The molecule has 0 unspecified atom stereocenters. The summed E-state index contributed by atoms with van der Waals surface area (Å²) in [5, 5.41) is 2.76. The van der Waals surface area contributed by atoms with Gasteiger partial charge in [-0.05, 0) is 23.8 Å². The van der Waals surface area contributed by atoms with Crippen molar-refractivity contribution < 1.29 is 14.3 Å². The molecule has 6 nitrogen and oxygen atoms in total. The highest BCUT2D eigenvalue weighted by Gasteiger charge is 2.20. The fourth-order valence-corrected chi connectivity index (χ4v) is 3.52. The molecule has 1 amide bonds. The Labute approximate surface area is 150 Å². The lowest BCUT2D eigenvalue weighted by molar-refractivity contribution is -0.127. The quantitative estimate of drug-likeness (QED) is 0.786. The summed E-state index contributed by atoms with van der Waals surface area (Å²) in [7, 11) is 0. The number of benzene rings is 1. The first-order valence-corrected chi connectivity index (χ1v) is 9.13. The number of hydrogen-bond donors (Lipinski definition) is 0. The van der Waals surface area contributed by atoms with Gasteiger partial charge in [-0.15, -0.1) is 11.3 Å². The van der Waals surface area contributed by atoms with Gasteiger partial charge in [0.15, 0.2) is 11.5 Å². The Bertz CT molecular complexity index is 768. The van der Waals surface area contributed by atoms with Crippen LogP contribution in [0.4, 0.5) is 0 Å². The van der Waals surface area contributed by atoms with Crippen LogP contribution in [0.3, 0.4) is 0 Å². The zero-order chi connectivity index (χ0) is 17.1. The normalized spacial score (nSPS) is 17.4. The third kappa shape index (κ3) is 3.83. The van der Waals surface area contributed by atoms with Crippen molar-refractivity contribution in [2.24, 2.45) is 0 Å². The Balaban J connectivity index is 1.29. The molecular formula is C18H19N3O3S. The largest absolute Gasteiger partial charge is 0.454 e. The first-order valence-electron chi connectivity index (χ1n) is 8.25. The van der Waals surface area contributed by atoms with Gasteiger partial charge in [-0.25, -0.2) is 4.98 Å². The second-order valence-corrected chi connectivity index (χ2v) is 6.92. The van der Waals surface area contributed by atoms with E-state index in [1.807, 2.05) is 22.4 Å². The summed E-state index contributed by atoms with van der Waals surface area (Å²) in [6, 6.07) is 6.07. The van der Waals surface area contributed by atoms with Gasteiger partial charge >= 0.3 is 0 Å². The number of thiazole rings is 1. The zero-order valence-electron chi connectivity index (χ0n) is 13.8. The maximum absolute atomic E-state index is 12.3. The average Bonchev–Trinajstić information content (AvgIpc) is 3.31. The number of rotatable bonds is 4. The number of nitrogens with zero attached hydrogens (tertiary/aromatic N) is 3. The molecule has 25 heavy (non-hydrogen) atoms. The second kappa shape index (κ2) is 7.25. The first kappa shape index (κ1) is 16.1. The minimum Gasteiger partial charge on any atom is -0.454 e. The molecule has 1 aromatic carbocycles. The van der Waals surface area contributed by atoms with Crippen LogP contribution < -0.4 is 9.47 Å². The summed E-state index contributed by atoms with van der Waals surface area (Å²) in [6.45, 7) is 4.37. The van der Waals surface area contributed by atoms with E-state index in [4.69, 9.17) is 9.47 Å². The molecule has 0 spiro atoms. The topological polar surface area (TPSA) is 54.9 Å². The Morgan fingerprint density at radius 1 is 1.20 bits per heavy atom.